The molecule has 1 atom stereocenters. The maximum absolute atomic E-state index is 12.4. The fourth-order valence-electron chi connectivity index (χ4n) is 1.19. The third kappa shape index (κ3) is 2.38. The van der Waals surface area contributed by atoms with Gasteiger partial charge in [-0.05, 0) is 25.5 Å². The molecule has 0 aliphatic carbocycles. The number of hydrogen-bond donors (Lipinski definition) is 0. The van der Waals surface area contributed by atoms with Gasteiger partial charge in [-0.3, -0.25) is 4.39 Å². The normalized spacial score (nSPS) is 12.6. The number of ether oxygens (including phenoxy) is 1. The van der Waals surface area contributed by atoms with Crippen molar-refractivity contribution < 1.29 is 9.13 Å². The lowest BCUT2D eigenvalue weighted by Gasteiger charge is -2.12. The number of alkyl halides is 1. The molecule has 1 aromatic rings. The van der Waals surface area contributed by atoms with E-state index in [0.717, 1.165) is 0 Å². The maximum atomic E-state index is 12.4. The van der Waals surface area contributed by atoms with E-state index in [1.165, 1.54) is 0 Å². The van der Waals surface area contributed by atoms with E-state index in [-0.39, 0.29) is 0 Å². The number of hydrogen-bond acceptors (Lipinski definition) is 1. The van der Waals surface area contributed by atoms with Gasteiger partial charge in [-0.25, -0.2) is 0 Å². The molecule has 0 spiro atoms. The van der Waals surface area contributed by atoms with Crippen LogP contribution < -0.4 is 4.74 Å². The number of benzene rings is 1. The quantitative estimate of drug-likeness (QED) is 0.746. The molecule has 3 heteroatoms. The third-order valence-electron chi connectivity index (χ3n) is 1.92. The van der Waals surface area contributed by atoms with Gasteiger partial charge in [-0.1, -0.05) is 23.7 Å². The Balaban J connectivity index is 3.00. The van der Waals surface area contributed by atoms with E-state index in [4.69, 9.17) is 16.3 Å². The Hall–Kier alpha value is -0.760. The zero-order valence-electron chi connectivity index (χ0n) is 8.09. The molecule has 0 aliphatic rings. The summed E-state index contributed by atoms with van der Waals surface area (Å²) in [5.74, 6) is 0.164. The van der Waals surface area contributed by atoms with Crippen molar-refractivity contribution in [3.05, 3.63) is 35.7 Å². The highest BCUT2D eigenvalue weighted by molar-refractivity contribution is 6.32. The summed E-state index contributed by atoms with van der Waals surface area (Å²) < 4.78 is 17.7. The zero-order chi connectivity index (χ0) is 10.6. The molecule has 0 saturated carbocycles. The van der Waals surface area contributed by atoms with Crippen LogP contribution in [0.1, 0.15) is 18.4 Å². The minimum atomic E-state index is -0.519. The van der Waals surface area contributed by atoms with E-state index in [0.29, 0.717) is 22.9 Å². The summed E-state index contributed by atoms with van der Waals surface area (Å²) in [7, 11) is 0. The first-order valence-electron chi connectivity index (χ1n) is 4.51. The Morgan fingerprint density at radius 3 is 2.86 bits per heavy atom. The van der Waals surface area contributed by atoms with Gasteiger partial charge < -0.3 is 4.74 Å². The van der Waals surface area contributed by atoms with E-state index in [1.54, 1.807) is 18.2 Å². The molecule has 1 radical (unpaired) electrons. The smallest absolute Gasteiger partial charge is 0.138 e. The van der Waals surface area contributed by atoms with Gasteiger partial charge in [0.25, 0.3) is 0 Å². The summed E-state index contributed by atoms with van der Waals surface area (Å²) in [5, 5.41) is 0.465. The van der Waals surface area contributed by atoms with Crippen LogP contribution in [-0.4, -0.2) is 13.3 Å². The van der Waals surface area contributed by atoms with Gasteiger partial charge in [0.05, 0.1) is 18.3 Å². The lowest BCUT2D eigenvalue weighted by atomic mass is 10.0. The highest BCUT2D eigenvalue weighted by atomic mass is 35.5. The maximum Gasteiger partial charge on any atom is 0.138 e. The van der Waals surface area contributed by atoms with Crippen LogP contribution >= 0.6 is 11.6 Å². The predicted molar refractivity (Wildman–Crippen MR) is 56.7 cm³/mol. The summed E-state index contributed by atoms with van der Waals surface area (Å²) in [6, 6.07) is 5.32. The van der Waals surface area contributed by atoms with Crippen molar-refractivity contribution in [2.45, 2.75) is 12.8 Å². The summed E-state index contributed by atoms with van der Waals surface area (Å²) in [6.07, 6.45) is 0. The molecule has 77 valence electrons. The van der Waals surface area contributed by atoms with Crippen molar-refractivity contribution in [1.29, 1.82) is 0 Å². The summed E-state index contributed by atoms with van der Waals surface area (Å²) in [4.78, 5) is 0. The van der Waals surface area contributed by atoms with Crippen LogP contribution in [0.25, 0.3) is 0 Å². The molecule has 0 fully saturated rings. The third-order valence-corrected chi connectivity index (χ3v) is 2.32. The molecule has 0 aliphatic heterocycles. The highest BCUT2D eigenvalue weighted by Crippen LogP contribution is 2.32. The molecular weight excluding hydrogens is 203 g/mol. The first kappa shape index (κ1) is 11.3. The van der Waals surface area contributed by atoms with Crippen molar-refractivity contribution in [3.63, 3.8) is 0 Å². The van der Waals surface area contributed by atoms with E-state index in [9.17, 15) is 4.39 Å². The van der Waals surface area contributed by atoms with Crippen LogP contribution in [0.15, 0.2) is 18.2 Å². The van der Waals surface area contributed by atoms with Crippen LogP contribution in [0.5, 0.6) is 5.75 Å². The van der Waals surface area contributed by atoms with Crippen molar-refractivity contribution in [1.82, 2.24) is 0 Å². The lowest BCUT2D eigenvalue weighted by Crippen LogP contribution is -1.99. The topological polar surface area (TPSA) is 9.23 Å². The van der Waals surface area contributed by atoms with Gasteiger partial charge >= 0.3 is 0 Å². The summed E-state index contributed by atoms with van der Waals surface area (Å²) in [5.41, 5.74) is 0.695. The SMILES string of the molecule is [CH2]C(CF)c1cccc(OCC)c1Cl. The van der Waals surface area contributed by atoms with Crippen LogP contribution in [0, 0.1) is 6.92 Å². The Bertz CT molecular complexity index is 301. The van der Waals surface area contributed by atoms with E-state index in [1.807, 2.05) is 6.92 Å². The Kier molecular flexibility index (Phi) is 4.21. The Morgan fingerprint density at radius 2 is 2.29 bits per heavy atom. The van der Waals surface area contributed by atoms with Gasteiger partial charge in [0.15, 0.2) is 0 Å². The predicted octanol–water partition coefficient (Wildman–Crippen LogP) is 3.63. The summed E-state index contributed by atoms with van der Waals surface area (Å²) in [6.45, 7) is 5.57. The fraction of sp³-hybridized carbons (Fsp3) is 0.364. The molecule has 1 rings (SSSR count). The second-order valence-corrected chi connectivity index (χ2v) is 3.32. The average molecular weight is 216 g/mol. The van der Waals surface area contributed by atoms with E-state index in [2.05, 4.69) is 6.92 Å². The molecule has 1 aromatic carbocycles. The van der Waals surface area contributed by atoms with Crippen molar-refractivity contribution in [2.24, 2.45) is 0 Å². The lowest BCUT2D eigenvalue weighted by molar-refractivity contribution is 0.339. The van der Waals surface area contributed by atoms with Gasteiger partial charge in [-0.15, -0.1) is 0 Å². The molecule has 0 bridgehead atoms. The molecule has 0 saturated heterocycles. The second-order valence-electron chi connectivity index (χ2n) is 2.94. The molecule has 0 amide bonds. The van der Waals surface area contributed by atoms with Crippen LogP contribution in [-0.2, 0) is 0 Å². The molecule has 1 unspecified atom stereocenters. The largest absolute Gasteiger partial charge is 0.492 e. The van der Waals surface area contributed by atoms with Gasteiger partial charge in [0.2, 0.25) is 0 Å². The van der Waals surface area contributed by atoms with E-state index >= 15 is 0 Å². The molecule has 0 N–H and O–H groups in total. The first-order chi connectivity index (χ1) is 6.70. The average Bonchev–Trinajstić information content (AvgIpc) is 2.20. The van der Waals surface area contributed by atoms with Crippen molar-refractivity contribution in [2.75, 3.05) is 13.3 Å². The van der Waals surface area contributed by atoms with Gasteiger partial charge in [-0.2, -0.15) is 0 Å². The molecule has 0 heterocycles. The van der Waals surface area contributed by atoms with Crippen molar-refractivity contribution in [3.8, 4) is 5.75 Å². The first-order valence-corrected chi connectivity index (χ1v) is 4.88. The van der Waals surface area contributed by atoms with Crippen molar-refractivity contribution >= 4 is 11.6 Å². The van der Waals surface area contributed by atoms with Gasteiger partial charge in [0.1, 0.15) is 5.75 Å². The molecule has 1 nitrogen and oxygen atoms in total. The van der Waals surface area contributed by atoms with Crippen LogP contribution in [0.4, 0.5) is 4.39 Å². The number of rotatable bonds is 4. The van der Waals surface area contributed by atoms with E-state index < -0.39 is 12.6 Å². The monoisotopic (exact) mass is 215 g/mol. The second kappa shape index (κ2) is 5.20. The molecule has 0 aromatic heterocycles. The number of halogens is 2. The highest BCUT2D eigenvalue weighted by Gasteiger charge is 2.12. The standard InChI is InChI=1S/C11H13ClFO/c1-3-14-10-6-4-5-9(11(10)12)8(2)7-13/h4-6,8H,2-3,7H2,1H3. The summed E-state index contributed by atoms with van der Waals surface area (Å²) >= 11 is 6.03. The fourth-order valence-corrected chi connectivity index (χ4v) is 1.53. The molecular formula is C11H13ClFO. The zero-order valence-corrected chi connectivity index (χ0v) is 8.85. The van der Waals surface area contributed by atoms with Crippen LogP contribution in [0.2, 0.25) is 5.02 Å². The molecule has 14 heavy (non-hydrogen) atoms. The Labute approximate surface area is 88.8 Å². The van der Waals surface area contributed by atoms with Crippen LogP contribution in [0.3, 0.4) is 0 Å². The Morgan fingerprint density at radius 1 is 1.57 bits per heavy atom. The minimum absolute atomic E-state index is 0.428. The minimum Gasteiger partial charge on any atom is -0.492 e. The van der Waals surface area contributed by atoms with Gasteiger partial charge in [0, 0.05) is 5.92 Å².